The molecule has 1 aliphatic heterocycles. The third-order valence-corrected chi connectivity index (χ3v) is 4.50. The number of aromatic nitrogens is 2. The van der Waals surface area contributed by atoms with Crippen molar-refractivity contribution in [3.63, 3.8) is 0 Å². The minimum Gasteiger partial charge on any atom is -0.338 e. The van der Waals surface area contributed by atoms with Crippen LogP contribution in [0.2, 0.25) is 0 Å². The van der Waals surface area contributed by atoms with Crippen LogP contribution >= 0.6 is 24.2 Å². The number of aryl methyl sites for hydroxylation is 1. The number of rotatable bonds is 4. The van der Waals surface area contributed by atoms with Crippen LogP contribution in [0.4, 0.5) is 0 Å². The highest BCUT2D eigenvalue weighted by atomic mass is 35.5. The Morgan fingerprint density at radius 2 is 2.09 bits per heavy atom. The third-order valence-electron chi connectivity index (χ3n) is 3.44. The summed E-state index contributed by atoms with van der Waals surface area (Å²) in [4.78, 5) is 19.7. The predicted octanol–water partition coefficient (Wildman–Crippen LogP) is 2.14. The molecule has 8 heteroatoms. The molecular formula is C15H19ClN4O2S. The van der Waals surface area contributed by atoms with E-state index in [0.29, 0.717) is 17.5 Å². The first-order chi connectivity index (χ1) is 10.7. The van der Waals surface area contributed by atoms with Gasteiger partial charge in [0, 0.05) is 31.1 Å². The van der Waals surface area contributed by atoms with Crippen LogP contribution in [-0.4, -0.2) is 47.1 Å². The molecule has 1 aliphatic rings. The van der Waals surface area contributed by atoms with Gasteiger partial charge in [-0.15, -0.1) is 24.2 Å². The average molecular weight is 355 g/mol. The van der Waals surface area contributed by atoms with Crippen molar-refractivity contribution in [1.82, 2.24) is 20.4 Å². The van der Waals surface area contributed by atoms with Crippen molar-refractivity contribution in [2.45, 2.75) is 17.6 Å². The van der Waals surface area contributed by atoms with E-state index in [-0.39, 0.29) is 18.3 Å². The van der Waals surface area contributed by atoms with Gasteiger partial charge in [-0.1, -0.05) is 17.3 Å². The SMILES string of the molecule is Cc1noc(CSc2ccccc2C(=O)N2CCNCC2)n1.Cl. The molecule has 1 fully saturated rings. The number of amides is 1. The van der Waals surface area contributed by atoms with Crippen LogP contribution in [-0.2, 0) is 5.75 Å². The maximum atomic E-state index is 12.7. The lowest BCUT2D eigenvalue weighted by Crippen LogP contribution is -2.46. The molecule has 23 heavy (non-hydrogen) atoms. The zero-order chi connectivity index (χ0) is 15.4. The van der Waals surface area contributed by atoms with Gasteiger partial charge in [0.25, 0.3) is 5.91 Å². The fraction of sp³-hybridized carbons (Fsp3) is 0.400. The van der Waals surface area contributed by atoms with E-state index in [1.165, 1.54) is 0 Å². The van der Waals surface area contributed by atoms with Gasteiger partial charge in [0.15, 0.2) is 5.82 Å². The van der Waals surface area contributed by atoms with Crippen LogP contribution in [0.3, 0.4) is 0 Å². The number of carbonyl (C=O) groups is 1. The number of halogens is 1. The number of hydrogen-bond acceptors (Lipinski definition) is 6. The lowest BCUT2D eigenvalue weighted by molar-refractivity contribution is 0.0732. The average Bonchev–Trinajstić information content (AvgIpc) is 2.99. The Bertz CT molecular complexity index is 658. The quantitative estimate of drug-likeness (QED) is 0.848. The highest BCUT2D eigenvalue weighted by Gasteiger charge is 2.20. The van der Waals surface area contributed by atoms with Crippen LogP contribution in [0.25, 0.3) is 0 Å². The highest BCUT2D eigenvalue weighted by molar-refractivity contribution is 7.98. The molecule has 3 rings (SSSR count). The van der Waals surface area contributed by atoms with Gasteiger partial charge in [0.1, 0.15) is 0 Å². The molecule has 0 radical (unpaired) electrons. The van der Waals surface area contributed by atoms with Crippen LogP contribution < -0.4 is 5.32 Å². The number of nitrogens with one attached hydrogen (secondary N) is 1. The van der Waals surface area contributed by atoms with E-state index in [1.54, 1.807) is 18.7 Å². The van der Waals surface area contributed by atoms with E-state index < -0.39 is 0 Å². The lowest BCUT2D eigenvalue weighted by Gasteiger charge is -2.28. The molecule has 1 N–H and O–H groups in total. The molecule has 0 unspecified atom stereocenters. The molecule has 124 valence electrons. The van der Waals surface area contributed by atoms with Gasteiger partial charge in [-0.05, 0) is 19.1 Å². The summed E-state index contributed by atoms with van der Waals surface area (Å²) in [6.07, 6.45) is 0. The molecule has 0 atom stereocenters. The molecule has 2 aromatic rings. The Hall–Kier alpha value is -1.57. The number of piperazine rings is 1. The fourth-order valence-electron chi connectivity index (χ4n) is 2.35. The second kappa shape index (κ2) is 8.33. The molecule has 0 bridgehead atoms. The van der Waals surface area contributed by atoms with Gasteiger partial charge in [-0.25, -0.2) is 0 Å². The van der Waals surface area contributed by atoms with Crippen molar-refractivity contribution in [2.24, 2.45) is 0 Å². The predicted molar refractivity (Wildman–Crippen MR) is 91.1 cm³/mol. The van der Waals surface area contributed by atoms with Crippen molar-refractivity contribution in [3.05, 3.63) is 41.5 Å². The zero-order valence-electron chi connectivity index (χ0n) is 12.8. The standard InChI is InChI=1S/C15H18N4O2S.ClH/c1-11-17-14(21-18-11)10-22-13-5-3-2-4-12(13)15(20)19-8-6-16-7-9-19;/h2-5,16H,6-10H2,1H3;1H. The molecular weight excluding hydrogens is 336 g/mol. The molecule has 0 aliphatic carbocycles. The summed E-state index contributed by atoms with van der Waals surface area (Å²) >= 11 is 1.55. The summed E-state index contributed by atoms with van der Waals surface area (Å²) in [5.41, 5.74) is 0.741. The Morgan fingerprint density at radius 1 is 1.35 bits per heavy atom. The minimum atomic E-state index is 0. The Balaban J connectivity index is 0.00000192. The van der Waals surface area contributed by atoms with E-state index in [0.717, 1.165) is 36.6 Å². The van der Waals surface area contributed by atoms with Crippen molar-refractivity contribution >= 4 is 30.1 Å². The number of benzene rings is 1. The molecule has 1 saturated heterocycles. The van der Waals surface area contributed by atoms with Gasteiger partial charge in [-0.2, -0.15) is 4.98 Å². The van der Waals surface area contributed by atoms with Crippen LogP contribution in [0.5, 0.6) is 0 Å². The van der Waals surface area contributed by atoms with E-state index in [9.17, 15) is 4.79 Å². The summed E-state index contributed by atoms with van der Waals surface area (Å²) in [6.45, 7) is 4.99. The normalized spacial score (nSPS) is 14.4. The number of hydrogen-bond donors (Lipinski definition) is 1. The third kappa shape index (κ3) is 4.46. The van der Waals surface area contributed by atoms with Crippen molar-refractivity contribution in [3.8, 4) is 0 Å². The topological polar surface area (TPSA) is 71.3 Å². The van der Waals surface area contributed by atoms with Gasteiger partial charge < -0.3 is 14.7 Å². The number of nitrogens with zero attached hydrogens (tertiary/aromatic N) is 3. The summed E-state index contributed by atoms with van der Waals surface area (Å²) in [5.74, 6) is 1.85. The molecule has 1 amide bonds. The van der Waals surface area contributed by atoms with Gasteiger partial charge in [-0.3, -0.25) is 4.79 Å². The monoisotopic (exact) mass is 354 g/mol. The molecule has 2 heterocycles. The zero-order valence-corrected chi connectivity index (χ0v) is 14.5. The van der Waals surface area contributed by atoms with Crippen molar-refractivity contribution in [1.29, 1.82) is 0 Å². The van der Waals surface area contributed by atoms with Crippen LogP contribution in [0, 0.1) is 6.92 Å². The van der Waals surface area contributed by atoms with E-state index in [2.05, 4.69) is 15.5 Å². The Labute approximate surface area is 145 Å². The van der Waals surface area contributed by atoms with E-state index in [1.807, 2.05) is 29.2 Å². The number of carbonyl (C=O) groups excluding carboxylic acids is 1. The maximum absolute atomic E-state index is 12.7. The van der Waals surface area contributed by atoms with Crippen molar-refractivity contribution in [2.75, 3.05) is 26.2 Å². The highest BCUT2D eigenvalue weighted by Crippen LogP contribution is 2.26. The van der Waals surface area contributed by atoms with Gasteiger partial charge in [0.2, 0.25) is 5.89 Å². The van der Waals surface area contributed by atoms with Gasteiger partial charge >= 0.3 is 0 Å². The smallest absolute Gasteiger partial charge is 0.255 e. The lowest BCUT2D eigenvalue weighted by atomic mass is 10.2. The molecule has 0 saturated carbocycles. The first-order valence-electron chi connectivity index (χ1n) is 7.25. The first-order valence-corrected chi connectivity index (χ1v) is 8.23. The summed E-state index contributed by atoms with van der Waals surface area (Å²) in [5, 5.41) is 7.04. The summed E-state index contributed by atoms with van der Waals surface area (Å²) in [6, 6.07) is 7.68. The van der Waals surface area contributed by atoms with E-state index >= 15 is 0 Å². The number of thioether (sulfide) groups is 1. The Kier molecular flexibility index (Phi) is 6.44. The maximum Gasteiger partial charge on any atom is 0.255 e. The van der Waals surface area contributed by atoms with E-state index in [4.69, 9.17) is 4.52 Å². The van der Waals surface area contributed by atoms with Gasteiger partial charge in [0.05, 0.1) is 11.3 Å². The second-order valence-electron chi connectivity index (χ2n) is 5.06. The Morgan fingerprint density at radius 3 is 2.78 bits per heavy atom. The molecule has 0 spiro atoms. The summed E-state index contributed by atoms with van der Waals surface area (Å²) in [7, 11) is 0. The van der Waals surface area contributed by atoms with Crippen LogP contribution in [0.15, 0.2) is 33.7 Å². The minimum absolute atomic E-state index is 0. The molecule has 6 nitrogen and oxygen atoms in total. The second-order valence-corrected chi connectivity index (χ2v) is 6.08. The largest absolute Gasteiger partial charge is 0.338 e. The van der Waals surface area contributed by atoms with Crippen molar-refractivity contribution < 1.29 is 9.32 Å². The first kappa shape index (κ1) is 17.8. The van der Waals surface area contributed by atoms with Crippen LogP contribution in [0.1, 0.15) is 22.1 Å². The fourth-order valence-corrected chi connectivity index (χ4v) is 3.23. The summed E-state index contributed by atoms with van der Waals surface area (Å²) < 4.78 is 5.12. The molecule has 1 aromatic heterocycles. The molecule has 1 aromatic carbocycles.